The van der Waals surface area contributed by atoms with Crippen molar-refractivity contribution in [3.05, 3.63) is 95.6 Å². The number of fused-ring (bicyclic) bond motifs is 1. The molecule has 35 heavy (non-hydrogen) atoms. The average molecular weight is 469 g/mol. The number of nitrogens with one attached hydrogen (secondary N) is 1. The zero-order valence-corrected chi connectivity index (χ0v) is 20.5. The van der Waals surface area contributed by atoms with E-state index in [0.29, 0.717) is 0 Å². The molecule has 2 amide bonds. The first-order valence-corrected chi connectivity index (χ1v) is 12.9. The van der Waals surface area contributed by atoms with Crippen LogP contribution in [0.5, 0.6) is 0 Å². The summed E-state index contributed by atoms with van der Waals surface area (Å²) in [5, 5.41) is 3.14. The Hall–Kier alpha value is -3.15. The quantitative estimate of drug-likeness (QED) is 0.514. The fraction of sp³-hybridized carbons (Fsp3) is 0.367. The second kappa shape index (κ2) is 11.5. The average Bonchev–Trinajstić information content (AvgIpc) is 2.92. The number of rotatable bonds is 7. The number of benzene rings is 3. The molecular formula is C30H36N4O. The van der Waals surface area contributed by atoms with Gasteiger partial charge in [0.1, 0.15) is 0 Å². The van der Waals surface area contributed by atoms with Gasteiger partial charge in [0.05, 0.1) is 0 Å². The molecule has 3 aromatic rings. The molecule has 5 rings (SSSR count). The van der Waals surface area contributed by atoms with Crippen molar-refractivity contribution in [2.24, 2.45) is 0 Å². The normalized spacial score (nSPS) is 16.6. The third-order valence-corrected chi connectivity index (χ3v) is 7.31. The summed E-state index contributed by atoms with van der Waals surface area (Å²) in [7, 11) is 0. The molecule has 5 nitrogen and oxygen atoms in total. The summed E-state index contributed by atoms with van der Waals surface area (Å²) < 4.78 is 0. The van der Waals surface area contributed by atoms with Gasteiger partial charge in [0.25, 0.3) is 0 Å². The zero-order valence-electron chi connectivity index (χ0n) is 20.5. The number of nitrogens with zero attached hydrogens (tertiary/aromatic N) is 3. The third-order valence-electron chi connectivity index (χ3n) is 7.31. The van der Waals surface area contributed by atoms with E-state index in [1.165, 1.54) is 27.8 Å². The van der Waals surface area contributed by atoms with Crippen LogP contribution in [0.15, 0.2) is 78.9 Å². The molecule has 0 atom stereocenters. The Balaban J connectivity index is 1.02. The number of hydrogen-bond acceptors (Lipinski definition) is 3. The lowest BCUT2D eigenvalue weighted by Crippen LogP contribution is -2.47. The highest BCUT2D eigenvalue weighted by atomic mass is 16.2. The molecule has 0 aromatic heterocycles. The lowest BCUT2D eigenvalue weighted by molar-refractivity contribution is 0.126. The number of carbonyl (C=O) groups excluding carboxylic acids is 1. The van der Waals surface area contributed by atoms with Crippen LogP contribution in [0, 0.1) is 0 Å². The van der Waals surface area contributed by atoms with E-state index in [1.807, 2.05) is 4.90 Å². The maximum atomic E-state index is 12.6. The van der Waals surface area contributed by atoms with E-state index in [9.17, 15) is 4.79 Å². The molecule has 2 aliphatic rings. The van der Waals surface area contributed by atoms with Crippen LogP contribution in [0.1, 0.15) is 23.1 Å². The Morgan fingerprint density at radius 2 is 1.43 bits per heavy atom. The standard InChI is InChI=1S/C30H36N4O/c35-30(34-18-15-25-9-4-5-12-27(25)24-34)31-16-8-17-32-19-21-33(22-20-32)23-28-13-6-7-14-29(28)26-10-2-1-3-11-26/h1-7,9-14H,8,15-24H2,(H,31,35). The van der Waals surface area contributed by atoms with Crippen molar-refractivity contribution >= 4 is 6.03 Å². The molecule has 1 N–H and O–H groups in total. The summed E-state index contributed by atoms with van der Waals surface area (Å²) in [6.45, 7) is 8.64. The topological polar surface area (TPSA) is 38.8 Å². The van der Waals surface area contributed by atoms with Crippen molar-refractivity contribution < 1.29 is 4.79 Å². The van der Waals surface area contributed by atoms with Crippen molar-refractivity contribution in [3.8, 4) is 11.1 Å². The zero-order chi connectivity index (χ0) is 23.9. The number of piperazine rings is 1. The van der Waals surface area contributed by atoms with E-state index in [4.69, 9.17) is 0 Å². The Morgan fingerprint density at radius 1 is 0.743 bits per heavy atom. The van der Waals surface area contributed by atoms with Crippen LogP contribution in [0.25, 0.3) is 11.1 Å². The molecule has 0 saturated carbocycles. The van der Waals surface area contributed by atoms with E-state index in [2.05, 4.69) is 94.0 Å². The van der Waals surface area contributed by atoms with Crippen LogP contribution in [-0.2, 0) is 19.5 Å². The van der Waals surface area contributed by atoms with Gasteiger partial charge in [-0.05, 0) is 47.2 Å². The van der Waals surface area contributed by atoms with Crippen LogP contribution in [0.4, 0.5) is 4.79 Å². The van der Waals surface area contributed by atoms with Gasteiger partial charge in [-0.1, -0.05) is 78.9 Å². The fourth-order valence-electron chi connectivity index (χ4n) is 5.25. The third kappa shape index (κ3) is 6.11. The SMILES string of the molecule is O=C(NCCCN1CCN(Cc2ccccc2-c2ccccc2)CC1)N1CCc2ccccc2C1. The molecule has 182 valence electrons. The Morgan fingerprint density at radius 3 is 2.26 bits per heavy atom. The highest BCUT2D eigenvalue weighted by molar-refractivity contribution is 5.74. The van der Waals surface area contributed by atoms with Crippen LogP contribution < -0.4 is 5.32 Å². The van der Waals surface area contributed by atoms with Gasteiger partial charge < -0.3 is 15.1 Å². The Labute approximate surface area is 209 Å². The first-order chi connectivity index (χ1) is 17.3. The minimum absolute atomic E-state index is 0.0707. The van der Waals surface area contributed by atoms with Crippen LogP contribution >= 0.6 is 0 Å². The second-order valence-corrected chi connectivity index (χ2v) is 9.67. The van der Waals surface area contributed by atoms with Gasteiger partial charge in [0.2, 0.25) is 0 Å². The number of hydrogen-bond donors (Lipinski definition) is 1. The van der Waals surface area contributed by atoms with Crippen molar-refractivity contribution in [3.63, 3.8) is 0 Å². The molecular weight excluding hydrogens is 432 g/mol. The predicted molar refractivity (Wildman–Crippen MR) is 142 cm³/mol. The summed E-state index contributed by atoms with van der Waals surface area (Å²) in [4.78, 5) is 19.6. The number of amides is 2. The van der Waals surface area contributed by atoms with Crippen molar-refractivity contribution in [2.45, 2.75) is 25.9 Å². The molecule has 0 spiro atoms. The van der Waals surface area contributed by atoms with Gasteiger partial charge >= 0.3 is 6.03 Å². The van der Waals surface area contributed by atoms with E-state index >= 15 is 0 Å². The van der Waals surface area contributed by atoms with Crippen molar-refractivity contribution in [1.29, 1.82) is 0 Å². The molecule has 0 bridgehead atoms. The molecule has 2 aliphatic heterocycles. The molecule has 0 unspecified atom stereocenters. The molecule has 0 aliphatic carbocycles. The van der Waals surface area contributed by atoms with Crippen molar-refractivity contribution in [1.82, 2.24) is 20.0 Å². The number of urea groups is 1. The highest BCUT2D eigenvalue weighted by Gasteiger charge is 2.21. The van der Waals surface area contributed by atoms with E-state index < -0.39 is 0 Å². The maximum Gasteiger partial charge on any atom is 0.317 e. The van der Waals surface area contributed by atoms with Gasteiger partial charge in [-0.3, -0.25) is 4.90 Å². The summed E-state index contributed by atoms with van der Waals surface area (Å²) in [5.74, 6) is 0. The number of carbonyl (C=O) groups is 1. The van der Waals surface area contributed by atoms with Crippen LogP contribution in [0.3, 0.4) is 0 Å². The summed E-state index contributed by atoms with van der Waals surface area (Å²) in [5.41, 5.74) is 6.67. The van der Waals surface area contributed by atoms with Crippen molar-refractivity contribution in [2.75, 3.05) is 45.8 Å². The Bertz CT molecular complexity index is 1110. The lowest BCUT2D eigenvalue weighted by Gasteiger charge is -2.35. The minimum atomic E-state index is 0.0707. The largest absolute Gasteiger partial charge is 0.338 e. The first-order valence-electron chi connectivity index (χ1n) is 12.9. The molecule has 0 radical (unpaired) electrons. The fourth-order valence-corrected chi connectivity index (χ4v) is 5.25. The Kier molecular flexibility index (Phi) is 7.76. The molecule has 1 fully saturated rings. The predicted octanol–water partition coefficient (Wildman–Crippen LogP) is 4.63. The first kappa shape index (κ1) is 23.6. The van der Waals surface area contributed by atoms with Gasteiger partial charge in [-0.2, -0.15) is 0 Å². The molecule has 1 saturated heterocycles. The summed E-state index contributed by atoms with van der Waals surface area (Å²) in [6.07, 6.45) is 1.94. The lowest BCUT2D eigenvalue weighted by atomic mass is 9.99. The van der Waals surface area contributed by atoms with Gasteiger partial charge in [-0.25, -0.2) is 4.79 Å². The molecule has 3 aromatic carbocycles. The summed E-state index contributed by atoms with van der Waals surface area (Å²) in [6, 6.07) is 28.0. The van der Waals surface area contributed by atoms with Crippen LogP contribution in [-0.4, -0.2) is 66.5 Å². The van der Waals surface area contributed by atoms with E-state index in [1.54, 1.807) is 0 Å². The molecule has 5 heteroatoms. The second-order valence-electron chi connectivity index (χ2n) is 9.67. The van der Waals surface area contributed by atoms with E-state index in [-0.39, 0.29) is 6.03 Å². The summed E-state index contributed by atoms with van der Waals surface area (Å²) >= 11 is 0. The monoisotopic (exact) mass is 468 g/mol. The minimum Gasteiger partial charge on any atom is -0.338 e. The van der Waals surface area contributed by atoms with Gasteiger partial charge in [0, 0.05) is 52.4 Å². The highest BCUT2D eigenvalue weighted by Crippen LogP contribution is 2.25. The van der Waals surface area contributed by atoms with Crippen LogP contribution in [0.2, 0.25) is 0 Å². The smallest absolute Gasteiger partial charge is 0.317 e. The maximum absolute atomic E-state index is 12.6. The molecule has 2 heterocycles. The van der Waals surface area contributed by atoms with E-state index in [0.717, 1.165) is 71.7 Å². The van der Waals surface area contributed by atoms with Gasteiger partial charge in [0.15, 0.2) is 0 Å². The van der Waals surface area contributed by atoms with Gasteiger partial charge in [-0.15, -0.1) is 0 Å².